The highest BCUT2D eigenvalue weighted by molar-refractivity contribution is 5.77. The predicted octanol–water partition coefficient (Wildman–Crippen LogP) is 4.06. The summed E-state index contributed by atoms with van der Waals surface area (Å²) in [4.78, 5) is 10.1. The van der Waals surface area contributed by atoms with Gasteiger partial charge in [0.05, 0.1) is 0 Å². The largest absolute Gasteiger partial charge is 0.300 e. The summed E-state index contributed by atoms with van der Waals surface area (Å²) in [5.41, 5.74) is 0. The van der Waals surface area contributed by atoms with Gasteiger partial charge in [0.25, 0.3) is 0 Å². The highest BCUT2D eigenvalue weighted by Gasteiger charge is 1.95. The highest BCUT2D eigenvalue weighted by atomic mass is 16.1. The van der Waals surface area contributed by atoms with Crippen molar-refractivity contribution < 1.29 is 4.79 Å². The normalized spacial score (nSPS) is 7.67. The van der Waals surface area contributed by atoms with Crippen LogP contribution >= 0.6 is 0 Å². The predicted molar refractivity (Wildman–Crippen MR) is 57.4 cm³/mol. The molecule has 0 heterocycles. The van der Waals surface area contributed by atoms with Gasteiger partial charge in [0, 0.05) is 5.92 Å². The first-order valence-corrected chi connectivity index (χ1v) is 5.06. The van der Waals surface area contributed by atoms with Gasteiger partial charge < -0.3 is 0 Å². The van der Waals surface area contributed by atoms with E-state index in [1.54, 1.807) is 6.92 Å². The third kappa shape index (κ3) is 33.3. The van der Waals surface area contributed by atoms with Gasteiger partial charge in [-0.05, 0) is 6.92 Å². The molecule has 0 atom stereocenters. The third-order valence-corrected chi connectivity index (χ3v) is 1.31. The Bertz CT molecular complexity index is 73.1. The molecule has 0 radical (unpaired) electrons. The van der Waals surface area contributed by atoms with E-state index < -0.39 is 0 Å². The molecule has 0 aliphatic rings. The topological polar surface area (TPSA) is 17.1 Å². The molecule has 0 bridgehead atoms. The molecule has 0 aromatic heterocycles. The zero-order valence-corrected chi connectivity index (χ0v) is 9.90. The van der Waals surface area contributed by atoms with E-state index in [0.717, 1.165) is 0 Å². The number of carbonyl (C=O) groups excluding carboxylic acids is 1. The average molecular weight is 174 g/mol. The van der Waals surface area contributed by atoms with Gasteiger partial charge in [-0.2, -0.15) is 0 Å². The van der Waals surface area contributed by atoms with E-state index in [0.29, 0.717) is 0 Å². The number of carbonyl (C=O) groups is 1. The summed E-state index contributed by atoms with van der Waals surface area (Å²) < 4.78 is 0. The first kappa shape index (κ1) is 17.7. The second-order valence-corrected chi connectivity index (χ2v) is 2.77. The van der Waals surface area contributed by atoms with Crippen LogP contribution in [0.1, 0.15) is 61.3 Å². The van der Waals surface area contributed by atoms with E-state index in [9.17, 15) is 4.79 Å². The minimum Gasteiger partial charge on any atom is -0.300 e. The molecule has 0 aliphatic carbocycles. The van der Waals surface area contributed by atoms with Crippen molar-refractivity contribution in [3.63, 3.8) is 0 Å². The Balaban J connectivity index is -0.000000118. The fourth-order valence-electron chi connectivity index (χ4n) is 0. The van der Waals surface area contributed by atoms with Crippen LogP contribution in [-0.4, -0.2) is 5.78 Å². The van der Waals surface area contributed by atoms with Gasteiger partial charge >= 0.3 is 0 Å². The Morgan fingerprint density at radius 3 is 1.25 bits per heavy atom. The van der Waals surface area contributed by atoms with Crippen molar-refractivity contribution in [1.29, 1.82) is 0 Å². The quantitative estimate of drug-likeness (QED) is 0.617. The second kappa shape index (κ2) is 17.0. The van der Waals surface area contributed by atoms with Gasteiger partial charge in [-0.25, -0.2) is 0 Å². The monoisotopic (exact) mass is 174 g/mol. The highest BCUT2D eigenvalue weighted by Crippen LogP contribution is 1.89. The van der Waals surface area contributed by atoms with Crippen molar-refractivity contribution >= 4 is 5.78 Å². The summed E-state index contributed by atoms with van der Waals surface area (Å²) in [6.45, 7) is 13.7. The molecule has 0 fully saturated rings. The number of Topliss-reactive ketones (excluding diaryl/α,β-unsaturated/α-hetero) is 1. The van der Waals surface area contributed by atoms with Crippen LogP contribution in [-0.2, 0) is 4.79 Å². The molecule has 0 aromatic rings. The fourth-order valence-corrected chi connectivity index (χ4v) is 0. The average Bonchev–Trinajstić information content (AvgIpc) is 2.08. The number of ketones is 1. The summed E-state index contributed by atoms with van der Waals surface area (Å²) >= 11 is 0. The maximum absolute atomic E-state index is 10.1. The van der Waals surface area contributed by atoms with Crippen LogP contribution in [0.15, 0.2) is 0 Å². The maximum atomic E-state index is 10.1. The molecule has 0 saturated heterocycles. The lowest BCUT2D eigenvalue weighted by Crippen LogP contribution is -1.98. The second-order valence-electron chi connectivity index (χ2n) is 2.77. The molecule has 0 N–H and O–H groups in total. The van der Waals surface area contributed by atoms with Gasteiger partial charge in [0.15, 0.2) is 0 Å². The zero-order valence-electron chi connectivity index (χ0n) is 9.90. The molecule has 0 rings (SSSR count). The summed E-state index contributed by atoms with van der Waals surface area (Å²) in [7, 11) is 0. The van der Waals surface area contributed by atoms with Gasteiger partial charge in [0.1, 0.15) is 5.78 Å². The molecule has 0 unspecified atom stereocenters. The summed E-state index contributed by atoms with van der Waals surface area (Å²) in [5.74, 6) is 0.472. The molecule has 0 aliphatic heterocycles. The van der Waals surface area contributed by atoms with Crippen LogP contribution in [0, 0.1) is 5.92 Å². The molecular formula is C11H26O. The molecule has 12 heavy (non-hydrogen) atoms. The van der Waals surface area contributed by atoms with Crippen LogP contribution in [0.2, 0.25) is 0 Å². The summed E-state index contributed by atoms with van der Waals surface area (Å²) in [6, 6.07) is 0. The summed E-state index contributed by atoms with van der Waals surface area (Å²) in [6.07, 6.45) is 2.64. The number of rotatable bonds is 2. The minimum absolute atomic E-state index is 0.213. The Morgan fingerprint density at radius 1 is 1.08 bits per heavy atom. The van der Waals surface area contributed by atoms with Gasteiger partial charge in [-0.1, -0.05) is 54.4 Å². The zero-order chi connectivity index (χ0) is 10.6. The molecule has 0 aromatic carbocycles. The lowest BCUT2D eigenvalue weighted by atomic mass is 10.1. The van der Waals surface area contributed by atoms with Crippen molar-refractivity contribution in [2.75, 3.05) is 0 Å². The van der Waals surface area contributed by atoms with Crippen LogP contribution < -0.4 is 0 Å². The molecule has 0 spiro atoms. The van der Waals surface area contributed by atoms with Crippen molar-refractivity contribution in [1.82, 2.24) is 0 Å². The number of hydrogen-bond donors (Lipinski definition) is 0. The van der Waals surface area contributed by atoms with Crippen LogP contribution in [0.3, 0.4) is 0 Å². The third-order valence-electron chi connectivity index (χ3n) is 1.31. The SMILES string of the molecule is CC.CC(=O)C(C)C.CCCC. The molecule has 0 amide bonds. The van der Waals surface area contributed by atoms with Gasteiger partial charge in [-0.3, -0.25) is 4.79 Å². The molecule has 76 valence electrons. The standard InChI is InChI=1S/C5H10O.C4H10.C2H6/c1-4(2)5(3)6;1-3-4-2;1-2/h4H,1-3H3;3-4H2,1-2H3;1-2H3. The van der Waals surface area contributed by atoms with Gasteiger partial charge in [0.2, 0.25) is 0 Å². The number of unbranched alkanes of at least 4 members (excludes halogenated alkanes) is 1. The van der Waals surface area contributed by atoms with Crippen LogP contribution in [0.25, 0.3) is 0 Å². The van der Waals surface area contributed by atoms with Crippen LogP contribution in [0.5, 0.6) is 0 Å². The van der Waals surface area contributed by atoms with E-state index in [4.69, 9.17) is 0 Å². The minimum atomic E-state index is 0.213. The smallest absolute Gasteiger partial charge is 0.132 e. The first-order chi connectivity index (χ1) is 5.56. The van der Waals surface area contributed by atoms with Gasteiger partial charge in [-0.15, -0.1) is 0 Å². The Hall–Kier alpha value is -0.330. The Morgan fingerprint density at radius 2 is 1.25 bits per heavy atom. The first-order valence-electron chi connectivity index (χ1n) is 5.06. The van der Waals surface area contributed by atoms with E-state index in [1.807, 2.05) is 27.7 Å². The number of hydrogen-bond acceptors (Lipinski definition) is 1. The lowest BCUT2D eigenvalue weighted by molar-refractivity contribution is -0.119. The van der Waals surface area contributed by atoms with E-state index >= 15 is 0 Å². The van der Waals surface area contributed by atoms with Crippen molar-refractivity contribution in [3.8, 4) is 0 Å². The van der Waals surface area contributed by atoms with E-state index in [2.05, 4.69) is 13.8 Å². The van der Waals surface area contributed by atoms with E-state index in [-0.39, 0.29) is 11.7 Å². The maximum Gasteiger partial charge on any atom is 0.132 e. The van der Waals surface area contributed by atoms with Crippen molar-refractivity contribution in [2.45, 2.75) is 61.3 Å². The Kier molecular flexibility index (Phi) is 25.0. The van der Waals surface area contributed by atoms with Crippen molar-refractivity contribution in [3.05, 3.63) is 0 Å². The molecular weight excluding hydrogens is 148 g/mol. The molecule has 1 nitrogen and oxygen atoms in total. The summed E-state index contributed by atoms with van der Waals surface area (Å²) in [5, 5.41) is 0. The Labute approximate surface area is 78.6 Å². The fraction of sp³-hybridized carbons (Fsp3) is 0.909. The van der Waals surface area contributed by atoms with E-state index in [1.165, 1.54) is 12.8 Å². The molecule has 1 heteroatoms. The van der Waals surface area contributed by atoms with Crippen LogP contribution in [0.4, 0.5) is 0 Å². The van der Waals surface area contributed by atoms with Crippen molar-refractivity contribution in [2.24, 2.45) is 5.92 Å². The lowest BCUT2D eigenvalue weighted by Gasteiger charge is -1.90. The molecule has 0 saturated carbocycles.